The Kier molecular flexibility index (Phi) is 7.16. The van der Waals surface area contributed by atoms with Crippen molar-refractivity contribution in [3.05, 3.63) is 101 Å². The van der Waals surface area contributed by atoms with Crippen molar-refractivity contribution >= 4 is 40.9 Å². The molecule has 0 aliphatic carbocycles. The third kappa shape index (κ3) is 5.70. The van der Waals surface area contributed by atoms with Gasteiger partial charge < -0.3 is 15.3 Å². The first kappa shape index (κ1) is 23.6. The van der Waals surface area contributed by atoms with Crippen molar-refractivity contribution in [1.29, 1.82) is 5.41 Å². The number of nitrogens with one attached hydrogen (secondary N) is 2. The highest BCUT2D eigenvalue weighted by Crippen LogP contribution is 2.34. The highest BCUT2D eigenvalue weighted by Gasteiger charge is 2.21. The number of hydrogen-bond acceptors (Lipinski definition) is 5. The largest absolute Gasteiger partial charge is 0.477 e. The maximum absolute atomic E-state index is 12.6. The number of allylic oxidation sites excluding steroid dienone is 2. The fourth-order valence-corrected chi connectivity index (χ4v) is 3.98. The van der Waals surface area contributed by atoms with Gasteiger partial charge in [0.15, 0.2) is 5.71 Å². The first-order valence-electron chi connectivity index (χ1n) is 11.3. The van der Waals surface area contributed by atoms with Crippen LogP contribution >= 0.6 is 0 Å². The number of hydrogen-bond donors (Lipinski definition) is 3. The van der Waals surface area contributed by atoms with Crippen molar-refractivity contribution in [3.8, 4) is 0 Å². The van der Waals surface area contributed by atoms with Crippen LogP contribution in [0.25, 0.3) is 6.08 Å². The first-order chi connectivity index (χ1) is 16.9. The summed E-state index contributed by atoms with van der Waals surface area (Å²) >= 11 is 0. The molecule has 1 aliphatic rings. The van der Waals surface area contributed by atoms with Gasteiger partial charge >= 0.3 is 5.97 Å². The number of nitrogens with zero attached hydrogens (tertiary/aromatic N) is 2. The van der Waals surface area contributed by atoms with Crippen molar-refractivity contribution in [3.63, 3.8) is 0 Å². The molecule has 0 saturated heterocycles. The van der Waals surface area contributed by atoms with Gasteiger partial charge in [-0.1, -0.05) is 42.0 Å². The predicted octanol–water partition coefficient (Wildman–Crippen LogP) is 5.16. The molecular weight excluding hydrogens is 440 g/mol. The summed E-state index contributed by atoms with van der Waals surface area (Å²) in [4.78, 5) is 30.3. The lowest BCUT2D eigenvalue weighted by atomic mass is 9.98. The van der Waals surface area contributed by atoms with Gasteiger partial charge in [0.05, 0.1) is 5.57 Å². The normalized spacial score (nSPS) is 13.4. The second kappa shape index (κ2) is 10.6. The van der Waals surface area contributed by atoms with Crippen LogP contribution in [0, 0.1) is 12.3 Å². The Morgan fingerprint density at radius 2 is 1.91 bits per heavy atom. The SMILES string of the molecule is Cc1ccc(N2CCCc3cc(/C=C/C=C(/C(=N)C(=O)O)C(=O)Nc4ccccn4)ccc32)cc1. The van der Waals surface area contributed by atoms with Crippen LogP contribution in [0.4, 0.5) is 17.2 Å². The number of carboxylic acid groups (broad SMARTS) is 1. The molecule has 2 heterocycles. The maximum Gasteiger partial charge on any atom is 0.354 e. The van der Waals surface area contributed by atoms with E-state index < -0.39 is 17.6 Å². The van der Waals surface area contributed by atoms with E-state index in [1.54, 1.807) is 30.4 Å². The Morgan fingerprint density at radius 1 is 1.11 bits per heavy atom. The Labute approximate surface area is 204 Å². The first-order valence-corrected chi connectivity index (χ1v) is 11.3. The van der Waals surface area contributed by atoms with Crippen LogP contribution in [-0.2, 0) is 16.0 Å². The summed E-state index contributed by atoms with van der Waals surface area (Å²) in [7, 11) is 0. The van der Waals surface area contributed by atoms with E-state index in [-0.39, 0.29) is 11.4 Å². The van der Waals surface area contributed by atoms with Crippen LogP contribution < -0.4 is 10.2 Å². The summed E-state index contributed by atoms with van der Waals surface area (Å²) in [5.74, 6) is -1.91. The van der Waals surface area contributed by atoms with Crippen LogP contribution in [0.1, 0.15) is 23.1 Å². The summed E-state index contributed by atoms with van der Waals surface area (Å²) in [6.45, 7) is 3.03. The minimum atomic E-state index is -1.48. The average Bonchev–Trinajstić information content (AvgIpc) is 2.86. The van der Waals surface area contributed by atoms with E-state index in [0.717, 1.165) is 24.9 Å². The van der Waals surface area contributed by atoms with Crippen LogP contribution in [0.3, 0.4) is 0 Å². The number of carboxylic acids is 1. The highest BCUT2D eigenvalue weighted by atomic mass is 16.4. The van der Waals surface area contributed by atoms with E-state index in [1.165, 1.54) is 34.8 Å². The molecule has 1 aromatic heterocycles. The number of aliphatic carboxylic acids is 1. The molecule has 0 unspecified atom stereocenters. The predicted molar refractivity (Wildman–Crippen MR) is 138 cm³/mol. The van der Waals surface area contributed by atoms with Crippen molar-refractivity contribution in [2.24, 2.45) is 0 Å². The van der Waals surface area contributed by atoms with Gasteiger partial charge in [-0.05, 0) is 73.4 Å². The fraction of sp³-hybridized carbons (Fsp3) is 0.143. The lowest BCUT2D eigenvalue weighted by Gasteiger charge is -2.31. The van der Waals surface area contributed by atoms with Gasteiger partial charge in [0.25, 0.3) is 5.91 Å². The summed E-state index contributed by atoms with van der Waals surface area (Å²) in [6.07, 6.45) is 8.25. The van der Waals surface area contributed by atoms with E-state index in [9.17, 15) is 14.7 Å². The third-order valence-electron chi connectivity index (χ3n) is 5.75. The molecule has 0 saturated carbocycles. The standard InChI is InChI=1S/C28H26N4O3/c1-19-10-13-22(14-11-19)32-17-5-7-21-18-20(12-15-24(21)32)6-4-8-23(26(29)28(34)35)27(33)31-25-9-2-3-16-30-25/h2-4,6,8-16,18,29H,5,7,17H2,1H3,(H,34,35)(H,30,31,33)/b6-4+,23-8-,29-26?. The smallest absolute Gasteiger partial charge is 0.354 e. The molecule has 35 heavy (non-hydrogen) atoms. The summed E-state index contributed by atoms with van der Waals surface area (Å²) < 4.78 is 0. The molecule has 7 heteroatoms. The zero-order chi connectivity index (χ0) is 24.8. The molecule has 7 nitrogen and oxygen atoms in total. The number of fused-ring (bicyclic) bond motifs is 1. The zero-order valence-electron chi connectivity index (χ0n) is 19.4. The van der Waals surface area contributed by atoms with E-state index in [2.05, 4.69) is 58.5 Å². The number of benzene rings is 2. The van der Waals surface area contributed by atoms with E-state index in [4.69, 9.17) is 5.41 Å². The van der Waals surface area contributed by atoms with Crippen molar-refractivity contribution < 1.29 is 14.7 Å². The second-order valence-electron chi connectivity index (χ2n) is 8.27. The van der Waals surface area contributed by atoms with Gasteiger partial charge in [-0.15, -0.1) is 0 Å². The number of rotatable bonds is 7. The van der Waals surface area contributed by atoms with Crippen LogP contribution in [0.2, 0.25) is 0 Å². The van der Waals surface area contributed by atoms with Gasteiger partial charge in [-0.3, -0.25) is 10.2 Å². The molecule has 2 aromatic carbocycles. The maximum atomic E-state index is 12.6. The Balaban J connectivity index is 1.56. The number of aryl methyl sites for hydroxylation is 2. The summed E-state index contributed by atoms with van der Waals surface area (Å²) in [6, 6.07) is 19.7. The lowest BCUT2D eigenvalue weighted by Crippen LogP contribution is -2.25. The topological polar surface area (TPSA) is 106 Å². The van der Waals surface area contributed by atoms with Crippen LogP contribution in [0.5, 0.6) is 0 Å². The molecule has 4 rings (SSSR count). The number of anilines is 3. The van der Waals surface area contributed by atoms with E-state index in [0.29, 0.717) is 0 Å². The molecule has 0 spiro atoms. The number of amides is 1. The van der Waals surface area contributed by atoms with Crippen LogP contribution in [-0.4, -0.2) is 34.2 Å². The molecule has 0 fully saturated rings. The Bertz CT molecular complexity index is 1310. The number of carbonyl (C=O) groups excluding carboxylic acids is 1. The monoisotopic (exact) mass is 466 g/mol. The molecule has 0 bridgehead atoms. The summed E-state index contributed by atoms with van der Waals surface area (Å²) in [5, 5.41) is 19.6. The molecule has 176 valence electrons. The number of aromatic nitrogens is 1. The third-order valence-corrected chi connectivity index (χ3v) is 5.75. The minimum Gasteiger partial charge on any atom is -0.477 e. The highest BCUT2D eigenvalue weighted by molar-refractivity contribution is 6.48. The van der Waals surface area contributed by atoms with Gasteiger partial charge in [-0.2, -0.15) is 0 Å². The quantitative estimate of drug-likeness (QED) is 0.253. The fourth-order valence-electron chi connectivity index (χ4n) is 3.98. The molecule has 3 aromatic rings. The number of pyridine rings is 1. The Hall–Kier alpha value is -4.52. The molecule has 0 atom stereocenters. The van der Waals surface area contributed by atoms with Crippen molar-refractivity contribution in [2.75, 3.05) is 16.8 Å². The average molecular weight is 467 g/mol. The zero-order valence-corrected chi connectivity index (χ0v) is 19.4. The van der Waals surface area contributed by atoms with Crippen molar-refractivity contribution in [1.82, 2.24) is 4.98 Å². The molecule has 1 amide bonds. The molecule has 0 radical (unpaired) electrons. The van der Waals surface area contributed by atoms with E-state index >= 15 is 0 Å². The Morgan fingerprint density at radius 3 is 2.63 bits per heavy atom. The molecule has 1 aliphatic heterocycles. The summed E-state index contributed by atoms with van der Waals surface area (Å²) in [5.41, 5.74) is 4.68. The lowest BCUT2D eigenvalue weighted by molar-refractivity contribution is -0.129. The minimum absolute atomic E-state index is 0.261. The number of carbonyl (C=O) groups is 2. The second-order valence-corrected chi connectivity index (χ2v) is 8.27. The van der Waals surface area contributed by atoms with Gasteiger partial charge in [0.1, 0.15) is 5.82 Å². The van der Waals surface area contributed by atoms with Gasteiger partial charge in [0.2, 0.25) is 0 Å². The van der Waals surface area contributed by atoms with E-state index in [1.807, 2.05) is 6.07 Å². The molecular formula is C28H26N4O3. The molecule has 3 N–H and O–H groups in total. The van der Waals surface area contributed by atoms with Crippen molar-refractivity contribution in [2.45, 2.75) is 19.8 Å². The van der Waals surface area contributed by atoms with Gasteiger partial charge in [-0.25, -0.2) is 9.78 Å². The van der Waals surface area contributed by atoms with Gasteiger partial charge in [0, 0.05) is 24.1 Å². The van der Waals surface area contributed by atoms with Crippen LogP contribution in [0.15, 0.2) is 84.6 Å².